The summed E-state index contributed by atoms with van der Waals surface area (Å²) in [5.41, 5.74) is 0. The average Bonchev–Trinajstić information content (AvgIpc) is 2.86. The lowest BCUT2D eigenvalue weighted by atomic mass is 9.90. The highest BCUT2D eigenvalue weighted by molar-refractivity contribution is 7.08. The first kappa shape index (κ1) is 9.33. The van der Waals surface area contributed by atoms with Crippen LogP contribution in [0.2, 0.25) is 0 Å². The van der Waals surface area contributed by atoms with Crippen molar-refractivity contribution in [2.24, 2.45) is 5.92 Å². The Morgan fingerprint density at radius 3 is 3.20 bits per heavy atom. The van der Waals surface area contributed by atoms with Crippen LogP contribution in [0.15, 0.2) is 12.3 Å². The quantitative estimate of drug-likeness (QED) is 0.729. The fourth-order valence-corrected chi connectivity index (χ4v) is 3.41. The third-order valence-electron chi connectivity index (χ3n) is 3.56. The molecule has 1 saturated heterocycles. The Balaban J connectivity index is 1.80. The average molecular weight is 222 g/mol. The summed E-state index contributed by atoms with van der Waals surface area (Å²) in [5.74, 6) is 0.965. The molecule has 1 aromatic rings. The van der Waals surface area contributed by atoms with Crippen molar-refractivity contribution in [1.29, 1.82) is 0 Å². The van der Waals surface area contributed by atoms with Gasteiger partial charge in [-0.15, -0.1) is 0 Å². The molecule has 1 amide bonds. The first-order valence-corrected chi connectivity index (χ1v) is 6.33. The maximum atomic E-state index is 12.1. The molecule has 0 radical (unpaired) electrons. The van der Waals surface area contributed by atoms with Crippen LogP contribution in [0.1, 0.15) is 35.4 Å². The van der Waals surface area contributed by atoms with E-state index in [1.54, 1.807) is 6.20 Å². The van der Waals surface area contributed by atoms with Crippen LogP contribution in [0.25, 0.3) is 0 Å². The van der Waals surface area contributed by atoms with Gasteiger partial charge in [0.05, 0.1) is 0 Å². The number of likely N-dealkylation sites (tertiary alicyclic amines) is 1. The zero-order valence-electron chi connectivity index (χ0n) is 8.56. The number of carbonyl (C=O) groups is 1. The lowest BCUT2D eigenvalue weighted by molar-refractivity contribution is 0.0738. The minimum atomic E-state index is 0.201. The standard InChI is InChI=1S/C11H14N2OS/c14-11(10-4-5-12-15-10)13-7-8-2-1-3-9(13)6-8/h4-5,8-9H,1-3,6-7H2/t8-,9+/m1/s1. The van der Waals surface area contributed by atoms with E-state index in [1.807, 2.05) is 6.07 Å². The summed E-state index contributed by atoms with van der Waals surface area (Å²) in [6.07, 6.45) is 6.73. The molecule has 2 fully saturated rings. The van der Waals surface area contributed by atoms with Crippen LogP contribution in [0.5, 0.6) is 0 Å². The van der Waals surface area contributed by atoms with E-state index in [0.29, 0.717) is 6.04 Å². The SMILES string of the molecule is O=C(c1ccns1)N1C[C@@H]2CCC[C@H]1C2. The minimum absolute atomic E-state index is 0.201. The molecule has 3 nitrogen and oxygen atoms in total. The molecule has 0 aromatic carbocycles. The number of amides is 1. The number of aromatic nitrogens is 1. The topological polar surface area (TPSA) is 33.2 Å². The van der Waals surface area contributed by atoms with Crippen LogP contribution in [-0.4, -0.2) is 27.8 Å². The van der Waals surface area contributed by atoms with Gasteiger partial charge in [0.2, 0.25) is 0 Å². The number of carbonyl (C=O) groups excluding carboxylic acids is 1. The Bertz CT molecular complexity index is 363. The summed E-state index contributed by atoms with van der Waals surface area (Å²) < 4.78 is 3.99. The van der Waals surface area contributed by atoms with E-state index in [4.69, 9.17) is 0 Å². The molecule has 1 aliphatic carbocycles. The number of nitrogens with zero attached hydrogens (tertiary/aromatic N) is 2. The van der Waals surface area contributed by atoms with Gasteiger partial charge in [0.15, 0.2) is 0 Å². The maximum absolute atomic E-state index is 12.1. The number of rotatable bonds is 1. The molecule has 1 aliphatic heterocycles. The summed E-state index contributed by atoms with van der Waals surface area (Å²) >= 11 is 1.31. The Kier molecular flexibility index (Phi) is 2.24. The maximum Gasteiger partial charge on any atom is 0.265 e. The van der Waals surface area contributed by atoms with Crippen molar-refractivity contribution in [2.75, 3.05) is 6.54 Å². The van der Waals surface area contributed by atoms with E-state index in [0.717, 1.165) is 17.3 Å². The molecule has 0 N–H and O–H groups in total. The lowest BCUT2D eigenvalue weighted by Gasteiger charge is -2.23. The Morgan fingerprint density at radius 2 is 2.47 bits per heavy atom. The van der Waals surface area contributed by atoms with Crippen molar-refractivity contribution in [3.63, 3.8) is 0 Å². The first-order valence-electron chi connectivity index (χ1n) is 5.56. The van der Waals surface area contributed by atoms with Crippen LogP contribution in [-0.2, 0) is 0 Å². The van der Waals surface area contributed by atoms with E-state index < -0.39 is 0 Å². The van der Waals surface area contributed by atoms with Gasteiger partial charge in [-0.3, -0.25) is 4.79 Å². The molecule has 1 saturated carbocycles. The van der Waals surface area contributed by atoms with Crippen molar-refractivity contribution in [1.82, 2.24) is 9.27 Å². The Labute approximate surface area is 93.3 Å². The van der Waals surface area contributed by atoms with Crippen LogP contribution < -0.4 is 0 Å². The van der Waals surface area contributed by atoms with Crippen LogP contribution in [0, 0.1) is 5.92 Å². The van der Waals surface area contributed by atoms with Crippen molar-refractivity contribution in [3.05, 3.63) is 17.1 Å². The predicted octanol–water partition coefficient (Wildman–Crippen LogP) is 2.16. The van der Waals surface area contributed by atoms with E-state index in [1.165, 1.54) is 37.2 Å². The molecule has 2 heterocycles. The van der Waals surface area contributed by atoms with Gasteiger partial charge in [-0.05, 0) is 42.8 Å². The molecule has 3 rings (SSSR count). The van der Waals surface area contributed by atoms with Gasteiger partial charge in [0.25, 0.3) is 5.91 Å². The Morgan fingerprint density at radius 1 is 1.53 bits per heavy atom. The summed E-state index contributed by atoms with van der Waals surface area (Å²) in [6, 6.07) is 2.34. The molecule has 0 spiro atoms. The van der Waals surface area contributed by atoms with Gasteiger partial charge < -0.3 is 4.90 Å². The summed E-state index contributed by atoms with van der Waals surface area (Å²) in [6.45, 7) is 0.974. The molecule has 2 aliphatic rings. The molecular formula is C11H14N2OS. The number of hydrogen-bond donors (Lipinski definition) is 0. The number of fused-ring (bicyclic) bond motifs is 2. The van der Waals surface area contributed by atoms with Crippen LogP contribution in [0.3, 0.4) is 0 Å². The van der Waals surface area contributed by atoms with E-state index in [2.05, 4.69) is 9.27 Å². The van der Waals surface area contributed by atoms with E-state index in [-0.39, 0.29) is 5.91 Å². The van der Waals surface area contributed by atoms with E-state index >= 15 is 0 Å². The largest absolute Gasteiger partial charge is 0.335 e. The van der Waals surface area contributed by atoms with E-state index in [9.17, 15) is 4.79 Å². The highest BCUT2D eigenvalue weighted by Gasteiger charge is 2.38. The lowest BCUT2D eigenvalue weighted by Crippen LogP contribution is -2.34. The molecular weight excluding hydrogens is 208 g/mol. The fourth-order valence-electron chi connectivity index (χ4n) is 2.86. The highest BCUT2D eigenvalue weighted by atomic mass is 32.1. The van der Waals surface area contributed by atoms with Crippen molar-refractivity contribution < 1.29 is 4.79 Å². The van der Waals surface area contributed by atoms with Crippen molar-refractivity contribution >= 4 is 17.4 Å². The molecule has 1 aromatic heterocycles. The zero-order valence-corrected chi connectivity index (χ0v) is 9.37. The van der Waals surface area contributed by atoms with Crippen molar-refractivity contribution in [3.8, 4) is 0 Å². The second kappa shape index (κ2) is 3.59. The summed E-state index contributed by atoms with van der Waals surface area (Å²) in [5, 5.41) is 0. The smallest absolute Gasteiger partial charge is 0.265 e. The molecule has 0 unspecified atom stereocenters. The summed E-state index contributed by atoms with van der Waals surface area (Å²) in [7, 11) is 0. The van der Waals surface area contributed by atoms with Gasteiger partial charge in [-0.2, -0.15) is 0 Å². The predicted molar refractivity (Wildman–Crippen MR) is 58.9 cm³/mol. The zero-order chi connectivity index (χ0) is 10.3. The van der Waals surface area contributed by atoms with Crippen molar-refractivity contribution in [2.45, 2.75) is 31.7 Å². The third-order valence-corrected chi connectivity index (χ3v) is 4.29. The third kappa shape index (κ3) is 1.57. The Hall–Kier alpha value is -0.900. The second-order valence-electron chi connectivity index (χ2n) is 4.52. The van der Waals surface area contributed by atoms with Crippen LogP contribution in [0.4, 0.5) is 0 Å². The van der Waals surface area contributed by atoms with Gasteiger partial charge in [0.1, 0.15) is 4.88 Å². The molecule has 80 valence electrons. The summed E-state index contributed by atoms with van der Waals surface area (Å²) in [4.78, 5) is 15.0. The second-order valence-corrected chi connectivity index (χ2v) is 5.35. The highest BCUT2D eigenvalue weighted by Crippen LogP contribution is 2.36. The molecule has 2 atom stereocenters. The monoisotopic (exact) mass is 222 g/mol. The van der Waals surface area contributed by atoms with Crippen LogP contribution >= 0.6 is 11.5 Å². The minimum Gasteiger partial charge on any atom is -0.335 e. The number of hydrogen-bond acceptors (Lipinski definition) is 3. The molecule has 15 heavy (non-hydrogen) atoms. The molecule has 4 heteroatoms. The first-order chi connectivity index (χ1) is 7.34. The van der Waals surface area contributed by atoms with Gasteiger partial charge in [-0.25, -0.2) is 4.37 Å². The normalized spacial score (nSPS) is 29.5. The van der Waals surface area contributed by atoms with Gasteiger partial charge >= 0.3 is 0 Å². The van der Waals surface area contributed by atoms with Gasteiger partial charge in [-0.1, -0.05) is 6.42 Å². The van der Waals surface area contributed by atoms with Gasteiger partial charge in [0, 0.05) is 18.8 Å². The fraction of sp³-hybridized carbons (Fsp3) is 0.636. The molecule has 2 bridgehead atoms.